The molecule has 0 unspecified atom stereocenters. The van der Waals surface area contributed by atoms with Crippen molar-refractivity contribution in [2.75, 3.05) is 5.32 Å². The van der Waals surface area contributed by atoms with Crippen molar-refractivity contribution in [1.29, 1.82) is 5.26 Å². The Hall–Kier alpha value is -2.79. The summed E-state index contributed by atoms with van der Waals surface area (Å²) < 4.78 is 13.8. The molecule has 20 heavy (non-hydrogen) atoms. The first-order valence-electron chi connectivity index (χ1n) is 5.21. The third kappa shape index (κ3) is 2.62. The van der Waals surface area contributed by atoms with E-state index in [2.05, 4.69) is 25.9 Å². The van der Waals surface area contributed by atoms with Crippen LogP contribution in [-0.4, -0.2) is 26.9 Å². The fraction of sp³-hybridized carbons (Fsp3) is 0. The second-order valence-electron chi connectivity index (χ2n) is 3.50. The number of H-pyrrole nitrogens is 1. The molecule has 2 aromatic rings. The van der Waals surface area contributed by atoms with Crippen LogP contribution in [0.1, 0.15) is 16.2 Å². The molecule has 1 heterocycles. The van der Waals surface area contributed by atoms with Crippen molar-refractivity contribution in [2.24, 2.45) is 0 Å². The van der Waals surface area contributed by atoms with Gasteiger partial charge in [0.2, 0.25) is 5.82 Å². The smallest absolute Gasteiger partial charge is 0.216 e. The zero-order chi connectivity index (χ0) is 14.5. The second-order valence-corrected chi connectivity index (χ2v) is 3.88. The molecule has 0 fully saturated rings. The van der Waals surface area contributed by atoms with Crippen molar-refractivity contribution >= 4 is 29.1 Å². The average Bonchev–Trinajstić information content (AvgIpc) is 2.98. The van der Waals surface area contributed by atoms with Crippen LogP contribution in [0.25, 0.3) is 5.57 Å². The van der Waals surface area contributed by atoms with Crippen LogP contribution in [0.4, 0.5) is 10.1 Å². The summed E-state index contributed by atoms with van der Waals surface area (Å²) in [4.78, 5) is 10.6. The maximum Gasteiger partial charge on any atom is 0.216 e. The standard InChI is InChI=1S/C11H6ClFN6O/c12-9-6(5-20)1-2-8(10(9)13)15-4-7(3-14)11-16-18-19-17-11/h1-2,4-5,15H,(H,16,17,18,19). The molecule has 0 radical (unpaired) electrons. The van der Waals surface area contributed by atoms with Crippen molar-refractivity contribution in [3.05, 3.63) is 40.6 Å². The summed E-state index contributed by atoms with van der Waals surface area (Å²) in [6.45, 7) is 0. The summed E-state index contributed by atoms with van der Waals surface area (Å²) >= 11 is 5.68. The quantitative estimate of drug-likeness (QED) is 0.657. The van der Waals surface area contributed by atoms with E-state index in [0.717, 1.165) is 0 Å². The SMILES string of the molecule is N#CC(=CNc1ccc(C=O)c(Cl)c1F)c1nn[nH]n1. The normalized spacial score (nSPS) is 10.9. The predicted molar refractivity (Wildman–Crippen MR) is 68.2 cm³/mol. The number of aromatic nitrogens is 4. The number of nitrogens with zero attached hydrogens (tertiary/aromatic N) is 4. The Morgan fingerprint density at radius 3 is 2.95 bits per heavy atom. The van der Waals surface area contributed by atoms with E-state index in [1.165, 1.54) is 18.3 Å². The van der Waals surface area contributed by atoms with Crippen molar-refractivity contribution in [3.63, 3.8) is 0 Å². The lowest BCUT2D eigenvalue weighted by molar-refractivity contribution is 0.112. The van der Waals surface area contributed by atoms with Crippen LogP contribution in [0, 0.1) is 17.1 Å². The molecule has 9 heteroatoms. The van der Waals surface area contributed by atoms with Crippen molar-refractivity contribution in [3.8, 4) is 6.07 Å². The molecule has 1 aromatic carbocycles. The molecule has 1 aromatic heterocycles. The van der Waals surface area contributed by atoms with Crippen molar-refractivity contribution in [1.82, 2.24) is 20.6 Å². The minimum absolute atomic E-state index is 0.0110. The average molecular weight is 293 g/mol. The Bertz CT molecular complexity index is 706. The lowest BCUT2D eigenvalue weighted by atomic mass is 10.2. The molecule has 2 N–H and O–H groups in total. The predicted octanol–water partition coefficient (Wildman–Crippen LogP) is 1.78. The Kier molecular flexibility index (Phi) is 4.02. The van der Waals surface area contributed by atoms with Crippen LogP contribution < -0.4 is 5.32 Å². The largest absolute Gasteiger partial charge is 0.358 e. The fourth-order valence-electron chi connectivity index (χ4n) is 1.34. The minimum atomic E-state index is -0.794. The maximum atomic E-state index is 13.8. The highest BCUT2D eigenvalue weighted by Gasteiger charge is 2.11. The highest BCUT2D eigenvalue weighted by molar-refractivity contribution is 6.33. The number of carbonyl (C=O) groups excluding carboxylic acids is 1. The number of aldehydes is 1. The van der Waals surface area contributed by atoms with Gasteiger partial charge in [0.25, 0.3) is 0 Å². The van der Waals surface area contributed by atoms with Crippen LogP contribution in [0.15, 0.2) is 18.3 Å². The van der Waals surface area contributed by atoms with Crippen molar-refractivity contribution in [2.45, 2.75) is 0 Å². The molecule has 0 aliphatic carbocycles. The maximum absolute atomic E-state index is 13.8. The molecule has 0 saturated heterocycles. The second kappa shape index (κ2) is 5.90. The van der Waals surface area contributed by atoms with E-state index < -0.39 is 5.82 Å². The minimum Gasteiger partial charge on any atom is -0.358 e. The zero-order valence-corrected chi connectivity index (χ0v) is 10.5. The van der Waals surface area contributed by atoms with Gasteiger partial charge in [-0.3, -0.25) is 4.79 Å². The number of tetrazole rings is 1. The zero-order valence-electron chi connectivity index (χ0n) is 9.76. The number of nitriles is 1. The molecule has 100 valence electrons. The van der Waals surface area contributed by atoms with E-state index in [1.807, 2.05) is 6.07 Å². The summed E-state index contributed by atoms with van der Waals surface area (Å²) in [6, 6.07) is 4.52. The highest BCUT2D eigenvalue weighted by Crippen LogP contribution is 2.25. The van der Waals surface area contributed by atoms with Gasteiger partial charge in [0.05, 0.1) is 10.7 Å². The molecule has 0 aliphatic heterocycles. The first kappa shape index (κ1) is 13.6. The topological polar surface area (TPSA) is 107 Å². The number of benzene rings is 1. The number of allylic oxidation sites excluding steroid dienone is 1. The summed E-state index contributed by atoms with van der Waals surface area (Å²) in [5.74, 6) is -0.728. The molecule has 0 saturated carbocycles. The number of hydrogen-bond donors (Lipinski definition) is 2. The summed E-state index contributed by atoms with van der Waals surface area (Å²) in [5, 5.41) is 24.0. The van der Waals surface area contributed by atoms with Crippen LogP contribution in [0.2, 0.25) is 5.02 Å². The molecular weight excluding hydrogens is 287 g/mol. The third-order valence-corrected chi connectivity index (χ3v) is 2.70. The van der Waals surface area contributed by atoms with E-state index in [9.17, 15) is 9.18 Å². The number of rotatable bonds is 4. The Labute approximate surface area is 117 Å². The monoisotopic (exact) mass is 292 g/mol. The Balaban J connectivity index is 2.29. The molecule has 0 atom stereocenters. The number of nitrogens with one attached hydrogen (secondary N) is 2. The first-order chi connectivity index (χ1) is 9.67. The number of halogens is 2. The van der Waals surface area contributed by atoms with E-state index >= 15 is 0 Å². The van der Waals surface area contributed by atoms with Gasteiger partial charge >= 0.3 is 0 Å². The van der Waals surface area contributed by atoms with E-state index in [1.54, 1.807) is 0 Å². The van der Waals surface area contributed by atoms with E-state index in [-0.39, 0.29) is 27.7 Å². The fourth-order valence-corrected chi connectivity index (χ4v) is 1.55. The van der Waals surface area contributed by atoms with Gasteiger partial charge in [-0.1, -0.05) is 11.6 Å². The molecular formula is C11H6ClFN6O. The summed E-state index contributed by atoms with van der Waals surface area (Å²) in [6.07, 6.45) is 1.66. The summed E-state index contributed by atoms with van der Waals surface area (Å²) in [5.41, 5.74) is 0.1000. The summed E-state index contributed by atoms with van der Waals surface area (Å²) in [7, 11) is 0. The van der Waals surface area contributed by atoms with Crippen LogP contribution >= 0.6 is 11.6 Å². The Morgan fingerprint density at radius 2 is 2.35 bits per heavy atom. The highest BCUT2D eigenvalue weighted by atomic mass is 35.5. The van der Waals surface area contributed by atoms with E-state index in [0.29, 0.717) is 6.29 Å². The lowest BCUT2D eigenvalue weighted by Gasteiger charge is -2.06. The third-order valence-electron chi connectivity index (χ3n) is 2.32. The lowest BCUT2D eigenvalue weighted by Crippen LogP contribution is -1.97. The van der Waals surface area contributed by atoms with Gasteiger partial charge in [0.1, 0.15) is 11.6 Å². The van der Waals surface area contributed by atoms with Crippen LogP contribution in [0.5, 0.6) is 0 Å². The first-order valence-corrected chi connectivity index (χ1v) is 5.59. The van der Waals surface area contributed by atoms with Gasteiger partial charge in [-0.05, 0) is 17.3 Å². The molecule has 0 spiro atoms. The number of anilines is 1. The molecule has 0 aliphatic rings. The van der Waals surface area contributed by atoms with Crippen LogP contribution in [0.3, 0.4) is 0 Å². The van der Waals surface area contributed by atoms with Gasteiger partial charge in [0.15, 0.2) is 12.1 Å². The van der Waals surface area contributed by atoms with Crippen molar-refractivity contribution < 1.29 is 9.18 Å². The van der Waals surface area contributed by atoms with Gasteiger partial charge in [-0.2, -0.15) is 10.5 Å². The van der Waals surface area contributed by atoms with Gasteiger partial charge in [0, 0.05) is 11.8 Å². The Morgan fingerprint density at radius 1 is 1.55 bits per heavy atom. The van der Waals surface area contributed by atoms with Gasteiger partial charge in [-0.15, -0.1) is 10.2 Å². The van der Waals surface area contributed by atoms with Crippen LogP contribution in [-0.2, 0) is 0 Å². The molecule has 0 amide bonds. The van der Waals surface area contributed by atoms with E-state index in [4.69, 9.17) is 16.9 Å². The molecule has 2 rings (SSSR count). The number of hydrogen-bond acceptors (Lipinski definition) is 6. The molecule has 0 bridgehead atoms. The number of carbonyl (C=O) groups is 1. The van der Waals surface area contributed by atoms with Gasteiger partial charge in [-0.25, -0.2) is 4.39 Å². The number of aromatic amines is 1. The molecule has 7 nitrogen and oxygen atoms in total. The van der Waals surface area contributed by atoms with Gasteiger partial charge < -0.3 is 5.32 Å².